The van der Waals surface area contributed by atoms with Crippen molar-refractivity contribution in [2.75, 3.05) is 6.61 Å². The standard InChI is InChI=1S/C7H9NO2S2/c1-3-10-6(9)5-7(11)12-4(2)8-5/h11H,3H2,1-2H3. The Bertz CT molecular complexity index is 296. The van der Waals surface area contributed by atoms with Crippen molar-refractivity contribution in [1.82, 2.24) is 4.98 Å². The fourth-order valence-corrected chi connectivity index (χ4v) is 1.93. The topological polar surface area (TPSA) is 39.2 Å². The molecular weight excluding hydrogens is 194 g/mol. The summed E-state index contributed by atoms with van der Waals surface area (Å²) >= 11 is 5.48. The third-order valence-corrected chi connectivity index (χ3v) is 2.44. The van der Waals surface area contributed by atoms with Crippen LogP contribution < -0.4 is 0 Å². The molecule has 0 saturated carbocycles. The van der Waals surface area contributed by atoms with Gasteiger partial charge in [-0.05, 0) is 13.8 Å². The third kappa shape index (κ3) is 1.98. The molecule has 0 fully saturated rings. The minimum absolute atomic E-state index is 0.322. The quantitative estimate of drug-likeness (QED) is 0.589. The van der Waals surface area contributed by atoms with E-state index in [0.29, 0.717) is 16.5 Å². The molecule has 5 heteroatoms. The molecule has 66 valence electrons. The number of nitrogens with zero attached hydrogens (tertiary/aromatic N) is 1. The molecule has 0 aromatic carbocycles. The van der Waals surface area contributed by atoms with Crippen molar-refractivity contribution < 1.29 is 9.53 Å². The van der Waals surface area contributed by atoms with Gasteiger partial charge in [0.15, 0.2) is 5.69 Å². The van der Waals surface area contributed by atoms with E-state index in [1.165, 1.54) is 11.3 Å². The molecule has 0 aliphatic rings. The molecule has 12 heavy (non-hydrogen) atoms. The maximum absolute atomic E-state index is 11.2. The molecule has 0 atom stereocenters. The summed E-state index contributed by atoms with van der Waals surface area (Å²) in [5.74, 6) is -0.396. The van der Waals surface area contributed by atoms with Crippen LogP contribution in [0.15, 0.2) is 4.21 Å². The van der Waals surface area contributed by atoms with Crippen LogP contribution in [0, 0.1) is 6.92 Å². The van der Waals surface area contributed by atoms with Gasteiger partial charge in [0.05, 0.1) is 15.8 Å². The van der Waals surface area contributed by atoms with Crippen LogP contribution >= 0.6 is 24.0 Å². The molecule has 1 aromatic rings. The van der Waals surface area contributed by atoms with Gasteiger partial charge in [-0.15, -0.1) is 24.0 Å². The van der Waals surface area contributed by atoms with Crippen LogP contribution in [0.3, 0.4) is 0 Å². The van der Waals surface area contributed by atoms with Gasteiger partial charge in [0, 0.05) is 0 Å². The lowest BCUT2D eigenvalue weighted by molar-refractivity contribution is 0.0516. The second-order valence-electron chi connectivity index (χ2n) is 2.11. The second-order valence-corrected chi connectivity index (χ2v) is 4.06. The summed E-state index contributed by atoms with van der Waals surface area (Å²) in [5.41, 5.74) is 0.322. The summed E-state index contributed by atoms with van der Waals surface area (Å²) in [5, 5.41) is 0.822. The Hall–Kier alpha value is -0.550. The van der Waals surface area contributed by atoms with E-state index in [4.69, 9.17) is 4.74 Å². The van der Waals surface area contributed by atoms with Gasteiger partial charge in [-0.25, -0.2) is 9.78 Å². The summed E-state index contributed by atoms with van der Waals surface area (Å²) in [6.07, 6.45) is 0. The molecule has 3 nitrogen and oxygen atoms in total. The van der Waals surface area contributed by atoms with Crippen molar-refractivity contribution in [3.8, 4) is 0 Å². The number of esters is 1. The molecule has 1 aromatic heterocycles. The molecular formula is C7H9NO2S2. The summed E-state index contributed by atoms with van der Waals surface area (Å²) in [4.78, 5) is 15.1. The van der Waals surface area contributed by atoms with Crippen LogP contribution in [0.5, 0.6) is 0 Å². The zero-order chi connectivity index (χ0) is 9.14. The van der Waals surface area contributed by atoms with Gasteiger partial charge in [0.2, 0.25) is 0 Å². The van der Waals surface area contributed by atoms with Gasteiger partial charge < -0.3 is 4.74 Å². The van der Waals surface area contributed by atoms with E-state index in [2.05, 4.69) is 17.6 Å². The number of aromatic nitrogens is 1. The number of rotatable bonds is 2. The van der Waals surface area contributed by atoms with Crippen molar-refractivity contribution in [1.29, 1.82) is 0 Å². The molecule has 0 unspecified atom stereocenters. The normalized spacial score (nSPS) is 9.92. The monoisotopic (exact) mass is 203 g/mol. The zero-order valence-electron chi connectivity index (χ0n) is 6.83. The Morgan fingerprint density at radius 1 is 1.75 bits per heavy atom. The zero-order valence-corrected chi connectivity index (χ0v) is 8.54. The highest BCUT2D eigenvalue weighted by molar-refractivity contribution is 7.83. The van der Waals surface area contributed by atoms with E-state index in [9.17, 15) is 4.79 Å². The Labute approximate surface area is 80.2 Å². The number of hydrogen-bond acceptors (Lipinski definition) is 5. The number of ether oxygens (including phenoxy) is 1. The molecule has 0 amide bonds. The maximum Gasteiger partial charge on any atom is 0.358 e. The fraction of sp³-hybridized carbons (Fsp3) is 0.429. The summed E-state index contributed by atoms with van der Waals surface area (Å²) in [7, 11) is 0. The van der Waals surface area contributed by atoms with E-state index in [1.807, 2.05) is 6.92 Å². The van der Waals surface area contributed by atoms with Crippen LogP contribution in [-0.2, 0) is 4.74 Å². The van der Waals surface area contributed by atoms with E-state index in [0.717, 1.165) is 5.01 Å². The van der Waals surface area contributed by atoms with Crippen molar-refractivity contribution in [3.63, 3.8) is 0 Å². The van der Waals surface area contributed by atoms with Crippen molar-refractivity contribution in [2.45, 2.75) is 18.1 Å². The third-order valence-electron chi connectivity index (χ3n) is 1.18. The van der Waals surface area contributed by atoms with Gasteiger partial charge >= 0.3 is 5.97 Å². The lowest BCUT2D eigenvalue weighted by atomic mass is 10.5. The molecule has 1 heterocycles. The number of thiol groups is 1. The minimum Gasteiger partial charge on any atom is -0.461 e. The van der Waals surface area contributed by atoms with E-state index < -0.39 is 5.97 Å². The minimum atomic E-state index is -0.396. The van der Waals surface area contributed by atoms with Gasteiger partial charge in [-0.2, -0.15) is 0 Å². The molecule has 0 bridgehead atoms. The maximum atomic E-state index is 11.2. The van der Waals surface area contributed by atoms with Crippen LogP contribution in [0.2, 0.25) is 0 Å². The highest BCUT2D eigenvalue weighted by Crippen LogP contribution is 2.22. The first-order valence-electron chi connectivity index (χ1n) is 3.48. The highest BCUT2D eigenvalue weighted by atomic mass is 32.2. The molecule has 0 N–H and O–H groups in total. The predicted molar refractivity (Wildman–Crippen MR) is 50.1 cm³/mol. The highest BCUT2D eigenvalue weighted by Gasteiger charge is 2.14. The van der Waals surface area contributed by atoms with Crippen LogP contribution in [0.25, 0.3) is 0 Å². The Kier molecular flexibility index (Phi) is 3.11. The molecule has 0 spiro atoms. The van der Waals surface area contributed by atoms with Crippen molar-refractivity contribution >= 4 is 29.9 Å². The summed E-state index contributed by atoms with van der Waals surface area (Å²) < 4.78 is 5.40. The van der Waals surface area contributed by atoms with E-state index in [1.54, 1.807) is 6.92 Å². The average Bonchev–Trinajstić information content (AvgIpc) is 2.30. The van der Waals surface area contributed by atoms with Gasteiger partial charge in [0.1, 0.15) is 0 Å². The largest absolute Gasteiger partial charge is 0.461 e. The van der Waals surface area contributed by atoms with Gasteiger partial charge in [-0.1, -0.05) is 0 Å². The number of hydrogen-bond donors (Lipinski definition) is 1. The molecule has 0 radical (unpaired) electrons. The lowest BCUT2D eigenvalue weighted by Gasteiger charge is -1.97. The molecule has 0 saturated heterocycles. The number of carbonyl (C=O) groups excluding carboxylic acids is 1. The second kappa shape index (κ2) is 3.91. The summed E-state index contributed by atoms with van der Waals surface area (Å²) in [6, 6.07) is 0. The van der Waals surface area contributed by atoms with Crippen molar-refractivity contribution in [2.24, 2.45) is 0 Å². The fourth-order valence-electron chi connectivity index (χ4n) is 0.749. The molecule has 1 rings (SSSR count). The van der Waals surface area contributed by atoms with E-state index in [-0.39, 0.29) is 0 Å². The first-order valence-corrected chi connectivity index (χ1v) is 4.75. The van der Waals surface area contributed by atoms with Crippen LogP contribution in [0.1, 0.15) is 22.4 Å². The number of carbonyl (C=O) groups is 1. The SMILES string of the molecule is CCOC(=O)c1nc(C)sc1S. The van der Waals surface area contributed by atoms with Crippen LogP contribution in [0.4, 0.5) is 0 Å². The van der Waals surface area contributed by atoms with E-state index >= 15 is 0 Å². The number of aryl methyl sites for hydroxylation is 1. The Morgan fingerprint density at radius 2 is 2.42 bits per heavy atom. The first-order chi connectivity index (χ1) is 5.65. The Morgan fingerprint density at radius 3 is 2.83 bits per heavy atom. The predicted octanol–water partition coefficient (Wildman–Crippen LogP) is 1.92. The van der Waals surface area contributed by atoms with Crippen molar-refractivity contribution in [3.05, 3.63) is 10.7 Å². The molecule has 0 aliphatic carbocycles. The summed E-state index contributed by atoms with van der Waals surface area (Å²) in [6.45, 7) is 3.95. The van der Waals surface area contributed by atoms with Gasteiger partial charge in [0.25, 0.3) is 0 Å². The number of thiazole rings is 1. The molecule has 0 aliphatic heterocycles. The van der Waals surface area contributed by atoms with Crippen LogP contribution in [-0.4, -0.2) is 17.6 Å². The Balaban J connectivity index is 2.87. The first kappa shape index (κ1) is 9.54. The average molecular weight is 203 g/mol. The lowest BCUT2D eigenvalue weighted by Crippen LogP contribution is -2.05. The smallest absolute Gasteiger partial charge is 0.358 e. The van der Waals surface area contributed by atoms with Gasteiger partial charge in [-0.3, -0.25) is 0 Å².